The molecule has 0 radical (unpaired) electrons. The van der Waals surface area contributed by atoms with Gasteiger partial charge in [0.15, 0.2) is 0 Å². The van der Waals surface area contributed by atoms with E-state index in [1.54, 1.807) is 19.2 Å². The number of aromatic carboxylic acids is 1. The average Bonchev–Trinajstić information content (AvgIpc) is 2.29. The van der Waals surface area contributed by atoms with E-state index in [4.69, 9.17) is 9.84 Å². The van der Waals surface area contributed by atoms with E-state index in [1.165, 1.54) is 12.1 Å². The van der Waals surface area contributed by atoms with Gasteiger partial charge >= 0.3 is 5.97 Å². The van der Waals surface area contributed by atoms with Crippen LogP contribution >= 0.6 is 0 Å². The van der Waals surface area contributed by atoms with Crippen molar-refractivity contribution in [1.29, 1.82) is 0 Å². The van der Waals surface area contributed by atoms with E-state index < -0.39 is 5.97 Å². The number of ether oxygens (including phenoxy) is 1. The molecular weight excluding hydrogens is 222 g/mol. The molecule has 0 bridgehead atoms. The molecule has 0 saturated carbocycles. The maximum Gasteiger partial charge on any atom is 0.335 e. The lowest BCUT2D eigenvalue weighted by Gasteiger charge is -2.12. The third-order valence-electron chi connectivity index (χ3n) is 2.17. The van der Waals surface area contributed by atoms with E-state index in [1.807, 2.05) is 6.92 Å². The minimum Gasteiger partial charge on any atom is -0.478 e. The first-order valence-corrected chi connectivity index (χ1v) is 5.17. The molecule has 0 fully saturated rings. The third-order valence-corrected chi connectivity index (χ3v) is 2.17. The SMILES string of the molecule is COC[C@@H](C)NC(=O)c1cccc(C(=O)O)c1. The van der Waals surface area contributed by atoms with Gasteiger partial charge in [-0.2, -0.15) is 0 Å². The summed E-state index contributed by atoms with van der Waals surface area (Å²) in [6.45, 7) is 2.22. The van der Waals surface area contributed by atoms with Gasteiger partial charge in [-0.25, -0.2) is 4.79 Å². The Kier molecular flexibility index (Phi) is 4.66. The molecule has 5 nitrogen and oxygen atoms in total. The quantitative estimate of drug-likeness (QED) is 0.805. The van der Waals surface area contributed by atoms with Gasteiger partial charge in [0, 0.05) is 18.7 Å². The maximum atomic E-state index is 11.7. The fourth-order valence-electron chi connectivity index (χ4n) is 1.39. The van der Waals surface area contributed by atoms with Gasteiger partial charge in [-0.1, -0.05) is 6.07 Å². The van der Waals surface area contributed by atoms with Crippen LogP contribution in [0.15, 0.2) is 24.3 Å². The largest absolute Gasteiger partial charge is 0.478 e. The van der Waals surface area contributed by atoms with Crippen LogP contribution < -0.4 is 5.32 Å². The minimum atomic E-state index is -1.05. The van der Waals surface area contributed by atoms with Crippen LogP contribution in [0.25, 0.3) is 0 Å². The highest BCUT2D eigenvalue weighted by molar-refractivity contribution is 5.97. The summed E-state index contributed by atoms with van der Waals surface area (Å²) in [7, 11) is 1.55. The van der Waals surface area contributed by atoms with Crippen molar-refractivity contribution in [2.45, 2.75) is 13.0 Å². The molecule has 0 heterocycles. The Balaban J connectivity index is 2.75. The van der Waals surface area contributed by atoms with Crippen LogP contribution in [0.4, 0.5) is 0 Å². The summed E-state index contributed by atoms with van der Waals surface area (Å²) < 4.78 is 4.89. The normalized spacial score (nSPS) is 11.9. The molecule has 1 rings (SSSR count). The lowest BCUT2D eigenvalue weighted by Crippen LogP contribution is -2.35. The van der Waals surface area contributed by atoms with E-state index in [2.05, 4.69) is 5.32 Å². The molecule has 0 unspecified atom stereocenters. The van der Waals surface area contributed by atoms with Gasteiger partial charge in [-0.05, 0) is 25.1 Å². The summed E-state index contributed by atoms with van der Waals surface area (Å²) in [6.07, 6.45) is 0. The van der Waals surface area contributed by atoms with E-state index in [0.717, 1.165) is 0 Å². The number of benzene rings is 1. The van der Waals surface area contributed by atoms with Crippen LogP contribution in [0.5, 0.6) is 0 Å². The summed E-state index contributed by atoms with van der Waals surface area (Å²) >= 11 is 0. The first-order chi connectivity index (χ1) is 8.04. The number of amides is 1. The topological polar surface area (TPSA) is 75.6 Å². The summed E-state index contributed by atoms with van der Waals surface area (Å²) in [5, 5.41) is 11.5. The van der Waals surface area contributed by atoms with Gasteiger partial charge < -0.3 is 15.2 Å². The molecule has 0 aliphatic rings. The number of hydrogen-bond donors (Lipinski definition) is 2. The van der Waals surface area contributed by atoms with Gasteiger partial charge in [-0.15, -0.1) is 0 Å². The van der Waals surface area contributed by atoms with Crippen molar-refractivity contribution < 1.29 is 19.4 Å². The lowest BCUT2D eigenvalue weighted by molar-refractivity contribution is 0.0697. The van der Waals surface area contributed by atoms with Crippen molar-refractivity contribution in [2.75, 3.05) is 13.7 Å². The zero-order valence-electron chi connectivity index (χ0n) is 9.77. The van der Waals surface area contributed by atoms with Crippen LogP contribution in [-0.2, 0) is 4.74 Å². The number of carboxylic acids is 1. The Morgan fingerprint density at radius 2 is 2.06 bits per heavy atom. The van der Waals surface area contributed by atoms with E-state index in [-0.39, 0.29) is 17.5 Å². The summed E-state index contributed by atoms with van der Waals surface area (Å²) in [6, 6.07) is 5.77. The summed E-state index contributed by atoms with van der Waals surface area (Å²) in [5.74, 6) is -1.36. The van der Waals surface area contributed by atoms with Crippen LogP contribution in [0.2, 0.25) is 0 Å². The fourth-order valence-corrected chi connectivity index (χ4v) is 1.39. The van der Waals surface area contributed by atoms with Crippen molar-refractivity contribution in [3.05, 3.63) is 35.4 Å². The molecular formula is C12H15NO4. The Hall–Kier alpha value is -1.88. The first kappa shape index (κ1) is 13.2. The van der Waals surface area contributed by atoms with Crippen molar-refractivity contribution in [1.82, 2.24) is 5.32 Å². The standard InChI is InChI=1S/C12H15NO4/c1-8(7-17-2)13-11(14)9-4-3-5-10(6-9)12(15)16/h3-6,8H,7H2,1-2H3,(H,13,14)(H,15,16)/t8-/m1/s1. The van der Waals surface area contributed by atoms with Crippen molar-refractivity contribution in [3.8, 4) is 0 Å². The monoisotopic (exact) mass is 237 g/mol. The second kappa shape index (κ2) is 6.00. The Bertz CT molecular complexity index is 417. The predicted octanol–water partition coefficient (Wildman–Crippen LogP) is 1.15. The van der Waals surface area contributed by atoms with E-state index >= 15 is 0 Å². The number of carboxylic acid groups (broad SMARTS) is 1. The average molecular weight is 237 g/mol. The molecule has 0 spiro atoms. The van der Waals surface area contributed by atoms with E-state index in [9.17, 15) is 9.59 Å². The molecule has 92 valence electrons. The van der Waals surface area contributed by atoms with Crippen LogP contribution in [0, 0.1) is 0 Å². The Labute approximate surface area is 99.4 Å². The van der Waals surface area contributed by atoms with Gasteiger partial charge in [-0.3, -0.25) is 4.79 Å². The van der Waals surface area contributed by atoms with Gasteiger partial charge in [0.2, 0.25) is 0 Å². The fraction of sp³-hybridized carbons (Fsp3) is 0.333. The molecule has 0 aromatic heterocycles. The highest BCUT2D eigenvalue weighted by atomic mass is 16.5. The molecule has 0 saturated heterocycles. The number of carbonyl (C=O) groups is 2. The molecule has 5 heteroatoms. The number of nitrogens with one attached hydrogen (secondary N) is 1. The van der Waals surface area contributed by atoms with E-state index in [0.29, 0.717) is 12.2 Å². The Morgan fingerprint density at radius 3 is 2.65 bits per heavy atom. The van der Waals surface area contributed by atoms with Crippen molar-refractivity contribution >= 4 is 11.9 Å². The number of carbonyl (C=O) groups excluding carboxylic acids is 1. The van der Waals surface area contributed by atoms with Crippen LogP contribution in [-0.4, -0.2) is 36.7 Å². The number of hydrogen-bond acceptors (Lipinski definition) is 3. The lowest BCUT2D eigenvalue weighted by atomic mass is 10.1. The smallest absolute Gasteiger partial charge is 0.335 e. The number of rotatable bonds is 5. The number of methoxy groups -OCH3 is 1. The molecule has 1 aromatic rings. The summed E-state index contributed by atoms with van der Waals surface area (Å²) in [4.78, 5) is 22.5. The second-order valence-electron chi connectivity index (χ2n) is 3.72. The minimum absolute atomic E-state index is 0.0945. The first-order valence-electron chi connectivity index (χ1n) is 5.17. The molecule has 1 atom stereocenters. The Morgan fingerprint density at radius 1 is 1.41 bits per heavy atom. The second-order valence-corrected chi connectivity index (χ2v) is 3.72. The predicted molar refractivity (Wildman–Crippen MR) is 62.2 cm³/mol. The highest BCUT2D eigenvalue weighted by Gasteiger charge is 2.11. The van der Waals surface area contributed by atoms with Crippen molar-refractivity contribution in [3.63, 3.8) is 0 Å². The van der Waals surface area contributed by atoms with Crippen LogP contribution in [0.3, 0.4) is 0 Å². The molecule has 0 aliphatic carbocycles. The summed E-state index contributed by atoms with van der Waals surface area (Å²) in [5.41, 5.74) is 0.421. The van der Waals surface area contributed by atoms with Gasteiger partial charge in [0.25, 0.3) is 5.91 Å². The zero-order valence-corrected chi connectivity index (χ0v) is 9.77. The molecule has 17 heavy (non-hydrogen) atoms. The maximum absolute atomic E-state index is 11.7. The molecule has 0 aliphatic heterocycles. The molecule has 1 aromatic carbocycles. The van der Waals surface area contributed by atoms with Crippen LogP contribution in [0.1, 0.15) is 27.6 Å². The zero-order chi connectivity index (χ0) is 12.8. The molecule has 2 N–H and O–H groups in total. The highest BCUT2D eigenvalue weighted by Crippen LogP contribution is 2.05. The molecule has 1 amide bonds. The third kappa shape index (κ3) is 3.88. The van der Waals surface area contributed by atoms with Gasteiger partial charge in [0.1, 0.15) is 0 Å². The van der Waals surface area contributed by atoms with Gasteiger partial charge in [0.05, 0.1) is 12.2 Å². The van der Waals surface area contributed by atoms with Crippen molar-refractivity contribution in [2.24, 2.45) is 0 Å².